The summed E-state index contributed by atoms with van der Waals surface area (Å²) in [6.07, 6.45) is 0.750. The summed E-state index contributed by atoms with van der Waals surface area (Å²) in [5.74, 6) is -0.785. The normalized spacial score (nSPS) is 16.1. The summed E-state index contributed by atoms with van der Waals surface area (Å²) in [4.78, 5) is 30.2. The summed E-state index contributed by atoms with van der Waals surface area (Å²) in [5, 5.41) is 0.145. The van der Waals surface area contributed by atoms with Gasteiger partial charge >= 0.3 is 0 Å². The van der Waals surface area contributed by atoms with Crippen LogP contribution < -0.4 is 5.43 Å². The lowest BCUT2D eigenvalue weighted by atomic mass is 9.98. The highest BCUT2D eigenvalue weighted by Crippen LogP contribution is 2.38. The van der Waals surface area contributed by atoms with Crippen molar-refractivity contribution in [2.24, 2.45) is 0 Å². The second-order valence-corrected chi connectivity index (χ2v) is 8.34. The van der Waals surface area contributed by atoms with Crippen molar-refractivity contribution in [3.63, 3.8) is 0 Å². The summed E-state index contributed by atoms with van der Waals surface area (Å²) in [7, 11) is 3.94. The van der Waals surface area contributed by atoms with E-state index in [4.69, 9.17) is 4.42 Å². The minimum Gasteiger partial charge on any atom is -0.450 e. The van der Waals surface area contributed by atoms with Crippen molar-refractivity contribution in [3.05, 3.63) is 79.9 Å². The molecule has 4 rings (SSSR count). The van der Waals surface area contributed by atoms with Gasteiger partial charge in [0.25, 0.3) is 5.91 Å². The Bertz CT molecular complexity index is 1160. The number of halogens is 2. The third-order valence-electron chi connectivity index (χ3n) is 5.10. The third kappa shape index (κ3) is 3.60. The Labute approximate surface area is 175 Å². The standard InChI is InChI=1S/C22H20BrFN2O3/c1-25(2)9-4-10-26-19(13-5-3-6-14(23)11-13)18-20(27)16-12-15(24)7-8-17(16)29-21(18)22(26)28/h3,5-8,11-12,19H,4,9-10H2,1-2H3. The van der Waals surface area contributed by atoms with Gasteiger partial charge in [0.1, 0.15) is 11.4 Å². The Morgan fingerprint density at radius 2 is 1.97 bits per heavy atom. The molecule has 1 aliphatic heterocycles. The van der Waals surface area contributed by atoms with E-state index in [9.17, 15) is 14.0 Å². The van der Waals surface area contributed by atoms with Crippen LogP contribution in [0, 0.1) is 5.82 Å². The molecule has 2 aromatic carbocycles. The number of benzene rings is 2. The van der Waals surface area contributed by atoms with Crippen molar-refractivity contribution in [1.82, 2.24) is 9.80 Å². The molecule has 1 amide bonds. The molecular weight excluding hydrogens is 439 g/mol. The summed E-state index contributed by atoms with van der Waals surface area (Å²) < 4.78 is 20.4. The molecule has 0 bridgehead atoms. The fourth-order valence-electron chi connectivity index (χ4n) is 3.80. The van der Waals surface area contributed by atoms with Gasteiger partial charge in [-0.3, -0.25) is 9.59 Å². The van der Waals surface area contributed by atoms with E-state index in [0.29, 0.717) is 6.54 Å². The van der Waals surface area contributed by atoms with Gasteiger partial charge in [0, 0.05) is 11.0 Å². The first-order valence-electron chi connectivity index (χ1n) is 9.34. The minimum absolute atomic E-state index is 0.0453. The molecular formula is C22H20BrFN2O3. The molecule has 0 spiro atoms. The zero-order chi connectivity index (χ0) is 20.7. The lowest BCUT2D eigenvalue weighted by Crippen LogP contribution is -2.32. The molecule has 0 radical (unpaired) electrons. The number of rotatable bonds is 5. The van der Waals surface area contributed by atoms with Crippen molar-refractivity contribution in [2.75, 3.05) is 27.2 Å². The Hall–Kier alpha value is -2.51. The van der Waals surface area contributed by atoms with E-state index in [1.54, 1.807) is 4.90 Å². The average Bonchev–Trinajstić information content (AvgIpc) is 2.95. The van der Waals surface area contributed by atoms with Crippen LogP contribution in [0.5, 0.6) is 0 Å². The van der Waals surface area contributed by atoms with Crippen molar-refractivity contribution < 1.29 is 13.6 Å². The van der Waals surface area contributed by atoms with Gasteiger partial charge in [-0.15, -0.1) is 0 Å². The van der Waals surface area contributed by atoms with Gasteiger partial charge in [-0.1, -0.05) is 28.1 Å². The van der Waals surface area contributed by atoms with Gasteiger partial charge in [0.05, 0.1) is 17.0 Å². The molecule has 1 unspecified atom stereocenters. The predicted molar refractivity (Wildman–Crippen MR) is 113 cm³/mol. The van der Waals surface area contributed by atoms with Crippen LogP contribution in [-0.2, 0) is 0 Å². The first-order valence-corrected chi connectivity index (χ1v) is 10.1. The van der Waals surface area contributed by atoms with Crippen LogP contribution in [0.1, 0.15) is 34.1 Å². The van der Waals surface area contributed by atoms with Crippen LogP contribution in [0.2, 0.25) is 0 Å². The monoisotopic (exact) mass is 458 g/mol. The zero-order valence-corrected chi connectivity index (χ0v) is 17.7. The molecule has 1 atom stereocenters. The van der Waals surface area contributed by atoms with Crippen LogP contribution in [-0.4, -0.2) is 42.9 Å². The fourth-order valence-corrected chi connectivity index (χ4v) is 4.22. The van der Waals surface area contributed by atoms with Gasteiger partial charge in [0.15, 0.2) is 5.43 Å². The lowest BCUT2D eigenvalue weighted by Gasteiger charge is -2.26. The van der Waals surface area contributed by atoms with Crippen LogP contribution in [0.3, 0.4) is 0 Å². The van der Waals surface area contributed by atoms with Gasteiger partial charge < -0.3 is 14.2 Å². The van der Waals surface area contributed by atoms with E-state index in [1.165, 1.54) is 18.2 Å². The number of amides is 1. The second kappa shape index (κ2) is 7.72. The summed E-state index contributed by atoms with van der Waals surface area (Å²) >= 11 is 3.46. The molecule has 0 saturated carbocycles. The molecule has 0 aliphatic carbocycles. The highest BCUT2D eigenvalue weighted by Gasteiger charge is 2.42. The molecule has 2 heterocycles. The number of carbonyl (C=O) groups excluding carboxylic acids is 1. The average molecular weight is 459 g/mol. The van der Waals surface area contributed by atoms with E-state index in [1.807, 2.05) is 43.3 Å². The Kier molecular flexibility index (Phi) is 5.27. The zero-order valence-electron chi connectivity index (χ0n) is 16.1. The number of carbonyl (C=O) groups is 1. The van der Waals surface area contributed by atoms with E-state index in [2.05, 4.69) is 15.9 Å². The first kappa shape index (κ1) is 19.8. The molecule has 5 nitrogen and oxygen atoms in total. The predicted octanol–water partition coefficient (Wildman–Crippen LogP) is 4.19. The summed E-state index contributed by atoms with van der Waals surface area (Å²) in [6, 6.07) is 10.7. The molecule has 29 heavy (non-hydrogen) atoms. The van der Waals surface area contributed by atoms with Gasteiger partial charge in [-0.25, -0.2) is 4.39 Å². The smallest absolute Gasteiger partial charge is 0.290 e. The van der Waals surface area contributed by atoms with Gasteiger partial charge in [0.2, 0.25) is 5.76 Å². The topological polar surface area (TPSA) is 53.8 Å². The van der Waals surface area contributed by atoms with Gasteiger partial charge in [-0.2, -0.15) is 0 Å². The maximum Gasteiger partial charge on any atom is 0.290 e. The van der Waals surface area contributed by atoms with E-state index in [0.717, 1.165) is 23.0 Å². The highest BCUT2D eigenvalue weighted by atomic mass is 79.9. The number of fused-ring (bicyclic) bond motifs is 2. The lowest BCUT2D eigenvalue weighted by molar-refractivity contribution is 0.0722. The largest absolute Gasteiger partial charge is 0.450 e. The quantitative estimate of drug-likeness (QED) is 0.574. The molecule has 0 fully saturated rings. The maximum atomic E-state index is 13.8. The first-order chi connectivity index (χ1) is 13.9. The Morgan fingerprint density at radius 3 is 2.69 bits per heavy atom. The van der Waals surface area contributed by atoms with Crippen molar-refractivity contribution in [2.45, 2.75) is 12.5 Å². The molecule has 0 saturated heterocycles. The second-order valence-electron chi connectivity index (χ2n) is 7.43. The summed E-state index contributed by atoms with van der Waals surface area (Å²) in [5.41, 5.74) is 0.927. The number of hydrogen-bond acceptors (Lipinski definition) is 4. The van der Waals surface area contributed by atoms with Gasteiger partial charge in [-0.05, 0) is 63.0 Å². The van der Waals surface area contributed by atoms with Crippen LogP contribution >= 0.6 is 15.9 Å². The van der Waals surface area contributed by atoms with Crippen LogP contribution in [0.25, 0.3) is 11.0 Å². The Balaban J connectivity index is 1.89. The molecule has 1 aromatic heterocycles. The van der Waals surface area contributed by atoms with Crippen molar-refractivity contribution >= 4 is 32.8 Å². The molecule has 3 aromatic rings. The van der Waals surface area contributed by atoms with Crippen molar-refractivity contribution in [3.8, 4) is 0 Å². The van der Waals surface area contributed by atoms with Crippen LogP contribution in [0.15, 0.2) is 56.1 Å². The number of hydrogen-bond donors (Lipinski definition) is 0. The molecule has 0 N–H and O–H groups in total. The van der Waals surface area contributed by atoms with Crippen molar-refractivity contribution in [1.29, 1.82) is 0 Å². The maximum absolute atomic E-state index is 13.8. The van der Waals surface area contributed by atoms with Crippen LogP contribution in [0.4, 0.5) is 4.39 Å². The molecule has 150 valence electrons. The fraction of sp³-hybridized carbons (Fsp3) is 0.273. The highest BCUT2D eigenvalue weighted by molar-refractivity contribution is 9.10. The number of nitrogens with zero attached hydrogens (tertiary/aromatic N) is 2. The summed E-state index contributed by atoms with van der Waals surface area (Å²) in [6.45, 7) is 1.28. The SMILES string of the molecule is CN(C)CCCN1C(=O)c2oc3ccc(F)cc3c(=O)c2C1c1cccc(Br)c1. The molecule has 7 heteroatoms. The van der Waals surface area contributed by atoms with E-state index < -0.39 is 11.9 Å². The Morgan fingerprint density at radius 1 is 1.17 bits per heavy atom. The van der Waals surface area contributed by atoms with E-state index in [-0.39, 0.29) is 33.6 Å². The minimum atomic E-state index is -0.568. The molecule has 1 aliphatic rings. The third-order valence-corrected chi connectivity index (χ3v) is 5.59. The van der Waals surface area contributed by atoms with E-state index >= 15 is 0 Å².